The highest BCUT2D eigenvalue weighted by Crippen LogP contribution is 2.59. The van der Waals surface area contributed by atoms with E-state index in [1.807, 2.05) is 6.92 Å². The van der Waals surface area contributed by atoms with Gasteiger partial charge in [0.2, 0.25) is 0 Å². The van der Waals surface area contributed by atoms with Crippen molar-refractivity contribution >= 4 is 0 Å². The molecule has 3 saturated carbocycles. The van der Waals surface area contributed by atoms with E-state index < -0.39 is 12.2 Å². The standard InChI is InChI=1S/C26H38O3/c1-5-6-14-29-17-18(2)23-11-12-24-20(8-7-13-26(23,24)4)9-10-21-15-22(27)16-25(28)19(21)3/h9-10,18,22-25,27-28H,3,7-8,11-17H2,1-2,4H3/b20-9+,21-10-/t18-,22-,23-,24+,25+,26-/m1/s1. The summed E-state index contributed by atoms with van der Waals surface area (Å²) in [5.74, 6) is 7.75. The van der Waals surface area contributed by atoms with Crippen LogP contribution in [-0.4, -0.2) is 35.6 Å². The second-order valence-electron chi connectivity index (χ2n) is 9.58. The smallest absolute Gasteiger partial charge is 0.107 e. The predicted molar refractivity (Wildman–Crippen MR) is 118 cm³/mol. The molecule has 3 fully saturated rings. The summed E-state index contributed by atoms with van der Waals surface area (Å²) in [7, 11) is 0. The molecule has 2 N–H and O–H groups in total. The van der Waals surface area contributed by atoms with Gasteiger partial charge in [-0.05, 0) is 79.8 Å². The Kier molecular flexibility index (Phi) is 7.43. The number of ether oxygens (including phenoxy) is 1. The van der Waals surface area contributed by atoms with Crippen LogP contribution in [0.15, 0.2) is 35.5 Å². The van der Waals surface area contributed by atoms with Crippen LogP contribution < -0.4 is 0 Å². The van der Waals surface area contributed by atoms with Gasteiger partial charge in [0.15, 0.2) is 0 Å². The normalized spacial score (nSPS) is 38.6. The molecule has 3 rings (SSSR count). The maximum Gasteiger partial charge on any atom is 0.107 e. The summed E-state index contributed by atoms with van der Waals surface area (Å²) in [6.45, 7) is 12.1. The van der Waals surface area contributed by atoms with Gasteiger partial charge in [0, 0.05) is 6.42 Å². The van der Waals surface area contributed by atoms with Crippen molar-refractivity contribution in [3.63, 3.8) is 0 Å². The van der Waals surface area contributed by atoms with Crippen LogP contribution in [0.1, 0.15) is 65.7 Å². The van der Waals surface area contributed by atoms with Crippen molar-refractivity contribution in [3.8, 4) is 11.8 Å². The molecule has 3 heteroatoms. The number of rotatable bonds is 5. The van der Waals surface area contributed by atoms with E-state index in [4.69, 9.17) is 4.74 Å². The highest BCUT2D eigenvalue weighted by Gasteiger charge is 2.50. The molecule has 29 heavy (non-hydrogen) atoms. The summed E-state index contributed by atoms with van der Waals surface area (Å²) in [6.07, 6.45) is 10.5. The predicted octanol–water partition coefficient (Wildman–Crippen LogP) is 4.80. The van der Waals surface area contributed by atoms with Crippen LogP contribution in [0.2, 0.25) is 0 Å². The molecular formula is C26H38O3. The number of aliphatic hydroxyl groups is 2. The van der Waals surface area contributed by atoms with Gasteiger partial charge in [-0.1, -0.05) is 44.1 Å². The number of aliphatic hydroxyl groups excluding tert-OH is 2. The Morgan fingerprint density at radius 2 is 2.10 bits per heavy atom. The molecule has 0 aromatic carbocycles. The van der Waals surface area contributed by atoms with Gasteiger partial charge in [-0.15, -0.1) is 5.92 Å². The average Bonchev–Trinajstić information content (AvgIpc) is 3.04. The monoisotopic (exact) mass is 398 g/mol. The van der Waals surface area contributed by atoms with Crippen molar-refractivity contribution in [1.82, 2.24) is 0 Å². The fraction of sp³-hybridized carbons (Fsp3) is 0.692. The molecule has 0 spiro atoms. The third kappa shape index (κ3) is 4.88. The van der Waals surface area contributed by atoms with E-state index >= 15 is 0 Å². The molecule has 0 aromatic rings. The first-order valence-corrected chi connectivity index (χ1v) is 11.3. The van der Waals surface area contributed by atoms with Gasteiger partial charge in [0.25, 0.3) is 0 Å². The minimum absolute atomic E-state index is 0.338. The van der Waals surface area contributed by atoms with Crippen molar-refractivity contribution in [2.45, 2.75) is 77.9 Å². The van der Waals surface area contributed by atoms with E-state index in [2.05, 4.69) is 44.4 Å². The molecule has 0 aliphatic heterocycles. The van der Waals surface area contributed by atoms with E-state index in [9.17, 15) is 10.2 Å². The zero-order valence-electron chi connectivity index (χ0n) is 18.4. The minimum Gasteiger partial charge on any atom is -0.393 e. The van der Waals surface area contributed by atoms with Crippen LogP contribution in [0.25, 0.3) is 0 Å². The van der Waals surface area contributed by atoms with Crippen molar-refractivity contribution < 1.29 is 14.9 Å². The Hall–Kier alpha value is -1.34. The van der Waals surface area contributed by atoms with E-state index in [1.165, 1.54) is 25.7 Å². The fourth-order valence-corrected chi connectivity index (χ4v) is 6.16. The van der Waals surface area contributed by atoms with Crippen molar-refractivity contribution in [2.75, 3.05) is 13.2 Å². The maximum atomic E-state index is 10.1. The Bertz CT molecular complexity index is 722. The van der Waals surface area contributed by atoms with Gasteiger partial charge in [-0.2, -0.15) is 0 Å². The third-order valence-electron chi connectivity index (χ3n) is 7.72. The summed E-state index contributed by atoms with van der Waals surface area (Å²) in [4.78, 5) is 0. The number of hydrogen-bond donors (Lipinski definition) is 2. The summed E-state index contributed by atoms with van der Waals surface area (Å²) >= 11 is 0. The van der Waals surface area contributed by atoms with Gasteiger partial charge in [-0.3, -0.25) is 0 Å². The van der Waals surface area contributed by atoms with Gasteiger partial charge >= 0.3 is 0 Å². The minimum atomic E-state index is -0.617. The lowest BCUT2D eigenvalue weighted by atomic mass is 9.61. The van der Waals surface area contributed by atoms with Crippen LogP contribution in [0, 0.1) is 35.0 Å². The first-order chi connectivity index (χ1) is 13.9. The van der Waals surface area contributed by atoms with Crippen LogP contribution in [0.5, 0.6) is 0 Å². The Labute approximate surface area is 176 Å². The first kappa shape index (κ1) is 22.3. The molecule has 160 valence electrons. The summed E-state index contributed by atoms with van der Waals surface area (Å²) in [6, 6.07) is 0. The van der Waals surface area contributed by atoms with Crippen molar-refractivity contribution in [2.24, 2.45) is 23.2 Å². The van der Waals surface area contributed by atoms with Crippen molar-refractivity contribution in [3.05, 3.63) is 35.5 Å². The Morgan fingerprint density at radius 3 is 2.86 bits per heavy atom. The van der Waals surface area contributed by atoms with Gasteiger partial charge in [-0.25, -0.2) is 0 Å². The molecule has 3 aliphatic rings. The van der Waals surface area contributed by atoms with Gasteiger partial charge in [0.1, 0.15) is 6.61 Å². The largest absolute Gasteiger partial charge is 0.393 e. The highest BCUT2D eigenvalue weighted by molar-refractivity contribution is 5.38. The lowest BCUT2D eigenvalue weighted by Gasteiger charge is -2.44. The molecular weight excluding hydrogens is 360 g/mol. The molecule has 0 bridgehead atoms. The second kappa shape index (κ2) is 9.65. The molecule has 0 radical (unpaired) electrons. The zero-order chi connectivity index (χ0) is 21.0. The topological polar surface area (TPSA) is 49.7 Å². The molecule has 0 saturated heterocycles. The Balaban J connectivity index is 1.72. The number of hydrogen-bond acceptors (Lipinski definition) is 3. The van der Waals surface area contributed by atoms with E-state index in [0.717, 1.165) is 24.2 Å². The molecule has 0 unspecified atom stereocenters. The van der Waals surface area contributed by atoms with Crippen molar-refractivity contribution in [1.29, 1.82) is 0 Å². The number of allylic oxidation sites excluding steroid dienone is 3. The molecule has 0 amide bonds. The van der Waals surface area contributed by atoms with E-state index in [-0.39, 0.29) is 0 Å². The SMILES string of the molecule is C=C1/C(=C\C=C2/CCC[C@]3(C)[C@@H]([C@H](C)COCC#CC)CC[C@@H]23)C[C@@H](O)C[C@@H]1O. The highest BCUT2D eigenvalue weighted by atomic mass is 16.5. The van der Waals surface area contributed by atoms with Gasteiger partial charge < -0.3 is 14.9 Å². The van der Waals surface area contributed by atoms with E-state index in [1.54, 1.807) is 5.57 Å². The summed E-state index contributed by atoms with van der Waals surface area (Å²) in [5.41, 5.74) is 3.66. The lowest BCUT2D eigenvalue weighted by Crippen LogP contribution is -2.37. The van der Waals surface area contributed by atoms with Crippen LogP contribution in [0.4, 0.5) is 0 Å². The van der Waals surface area contributed by atoms with Crippen LogP contribution >= 0.6 is 0 Å². The average molecular weight is 399 g/mol. The fourth-order valence-electron chi connectivity index (χ4n) is 6.16. The maximum absolute atomic E-state index is 10.1. The second-order valence-corrected chi connectivity index (χ2v) is 9.58. The molecule has 0 heterocycles. The Morgan fingerprint density at radius 1 is 1.31 bits per heavy atom. The van der Waals surface area contributed by atoms with Gasteiger partial charge in [0.05, 0.1) is 18.8 Å². The number of fused-ring (bicyclic) bond motifs is 1. The zero-order valence-corrected chi connectivity index (χ0v) is 18.4. The molecule has 3 nitrogen and oxygen atoms in total. The molecule has 3 aliphatic carbocycles. The lowest BCUT2D eigenvalue weighted by molar-refractivity contribution is 0.0444. The van der Waals surface area contributed by atoms with Crippen LogP contribution in [0.3, 0.4) is 0 Å². The van der Waals surface area contributed by atoms with E-state index in [0.29, 0.717) is 42.6 Å². The summed E-state index contributed by atoms with van der Waals surface area (Å²) < 4.78 is 5.80. The van der Waals surface area contributed by atoms with Crippen LogP contribution in [-0.2, 0) is 4.74 Å². The molecule has 0 aromatic heterocycles. The quantitative estimate of drug-likeness (QED) is 0.516. The summed E-state index contributed by atoms with van der Waals surface area (Å²) in [5, 5.41) is 20.1. The third-order valence-corrected chi connectivity index (χ3v) is 7.72. The first-order valence-electron chi connectivity index (χ1n) is 11.3. The molecule has 6 atom stereocenters.